The van der Waals surface area contributed by atoms with E-state index in [4.69, 9.17) is 0 Å². The lowest BCUT2D eigenvalue weighted by Gasteiger charge is -2.37. The molecule has 1 aliphatic rings. The Morgan fingerprint density at radius 1 is 1.42 bits per heavy atom. The number of piperidine rings is 1. The molecular formula is C15H22F2N2. The summed E-state index contributed by atoms with van der Waals surface area (Å²) in [6, 6.07) is 3.88. The average molecular weight is 268 g/mol. The minimum Gasteiger partial charge on any atom is -0.319 e. The van der Waals surface area contributed by atoms with Gasteiger partial charge in [0.15, 0.2) is 0 Å². The fraction of sp³-hybridized carbons (Fsp3) is 0.600. The standard InChI is InChI=1S/C15H22F2N2/c1-11(14-6-5-13(16)8-15(14)17)19-7-3-4-12(10-19)9-18-2/h5-6,8,11-12,18H,3-4,7,9-10H2,1-2H3. The summed E-state index contributed by atoms with van der Waals surface area (Å²) in [5.41, 5.74) is 0.589. The molecular weight excluding hydrogens is 246 g/mol. The number of likely N-dealkylation sites (tertiary alicyclic amines) is 1. The van der Waals surface area contributed by atoms with Crippen molar-refractivity contribution in [1.29, 1.82) is 0 Å². The zero-order valence-electron chi connectivity index (χ0n) is 11.6. The fourth-order valence-electron chi connectivity index (χ4n) is 2.94. The SMILES string of the molecule is CNCC1CCCN(C(C)c2ccc(F)cc2F)C1. The van der Waals surface area contributed by atoms with Crippen LogP contribution in [0.15, 0.2) is 18.2 Å². The number of hydrogen-bond acceptors (Lipinski definition) is 2. The monoisotopic (exact) mass is 268 g/mol. The first kappa shape index (κ1) is 14.4. The lowest BCUT2D eigenvalue weighted by Crippen LogP contribution is -2.40. The van der Waals surface area contributed by atoms with Gasteiger partial charge in [0.1, 0.15) is 11.6 Å². The lowest BCUT2D eigenvalue weighted by molar-refractivity contribution is 0.129. The largest absolute Gasteiger partial charge is 0.319 e. The molecule has 0 aliphatic carbocycles. The van der Waals surface area contributed by atoms with Crippen LogP contribution in [-0.4, -0.2) is 31.6 Å². The Balaban J connectivity index is 2.07. The average Bonchev–Trinajstić information content (AvgIpc) is 2.39. The Labute approximate surface area is 113 Å². The molecule has 2 unspecified atom stereocenters. The first-order chi connectivity index (χ1) is 9.11. The molecule has 1 fully saturated rings. The topological polar surface area (TPSA) is 15.3 Å². The van der Waals surface area contributed by atoms with Crippen molar-refractivity contribution in [3.05, 3.63) is 35.4 Å². The molecule has 1 aromatic carbocycles. The number of rotatable bonds is 4. The summed E-state index contributed by atoms with van der Waals surface area (Å²) in [4.78, 5) is 2.29. The highest BCUT2D eigenvalue weighted by Crippen LogP contribution is 2.28. The Hall–Kier alpha value is -1.00. The van der Waals surface area contributed by atoms with Crippen molar-refractivity contribution in [3.63, 3.8) is 0 Å². The van der Waals surface area contributed by atoms with Gasteiger partial charge in [-0.2, -0.15) is 0 Å². The quantitative estimate of drug-likeness (QED) is 0.903. The molecule has 0 saturated carbocycles. The second-order valence-corrected chi connectivity index (χ2v) is 5.40. The van der Waals surface area contributed by atoms with Crippen molar-refractivity contribution in [2.24, 2.45) is 5.92 Å². The predicted molar refractivity (Wildman–Crippen MR) is 73.0 cm³/mol. The van der Waals surface area contributed by atoms with Crippen LogP contribution in [0.2, 0.25) is 0 Å². The Morgan fingerprint density at radius 3 is 2.89 bits per heavy atom. The molecule has 0 amide bonds. The molecule has 2 atom stereocenters. The van der Waals surface area contributed by atoms with Crippen LogP contribution in [0.25, 0.3) is 0 Å². The van der Waals surface area contributed by atoms with Gasteiger partial charge in [0.05, 0.1) is 0 Å². The maximum Gasteiger partial charge on any atom is 0.130 e. The first-order valence-corrected chi connectivity index (χ1v) is 6.95. The molecule has 2 rings (SSSR count). The van der Waals surface area contributed by atoms with Crippen molar-refractivity contribution >= 4 is 0 Å². The van der Waals surface area contributed by atoms with Crippen LogP contribution in [0, 0.1) is 17.6 Å². The highest BCUT2D eigenvalue weighted by atomic mass is 19.1. The van der Waals surface area contributed by atoms with E-state index >= 15 is 0 Å². The van der Waals surface area contributed by atoms with Crippen molar-refractivity contribution in [1.82, 2.24) is 10.2 Å². The number of nitrogens with one attached hydrogen (secondary N) is 1. The van der Waals surface area contributed by atoms with Gasteiger partial charge in [-0.25, -0.2) is 8.78 Å². The van der Waals surface area contributed by atoms with E-state index in [1.54, 1.807) is 6.07 Å². The van der Waals surface area contributed by atoms with Gasteiger partial charge in [-0.15, -0.1) is 0 Å². The molecule has 1 aromatic rings. The smallest absolute Gasteiger partial charge is 0.130 e. The van der Waals surface area contributed by atoms with E-state index < -0.39 is 11.6 Å². The van der Waals surface area contributed by atoms with Crippen LogP contribution in [0.3, 0.4) is 0 Å². The molecule has 0 aromatic heterocycles. The van der Waals surface area contributed by atoms with Crippen molar-refractivity contribution in [2.75, 3.05) is 26.7 Å². The summed E-state index contributed by atoms with van der Waals surface area (Å²) in [6.07, 6.45) is 2.36. The van der Waals surface area contributed by atoms with Gasteiger partial charge in [-0.1, -0.05) is 6.07 Å². The molecule has 0 spiro atoms. The Bertz CT molecular complexity index is 421. The van der Waals surface area contributed by atoms with Crippen LogP contribution in [0.5, 0.6) is 0 Å². The van der Waals surface area contributed by atoms with Crippen LogP contribution >= 0.6 is 0 Å². The maximum atomic E-state index is 13.8. The second kappa shape index (κ2) is 6.44. The van der Waals surface area contributed by atoms with Crippen LogP contribution < -0.4 is 5.32 Å². The molecule has 0 radical (unpaired) electrons. The number of benzene rings is 1. The third-order valence-corrected chi connectivity index (χ3v) is 4.00. The first-order valence-electron chi connectivity index (χ1n) is 6.95. The minimum atomic E-state index is -0.514. The Morgan fingerprint density at radius 2 is 2.21 bits per heavy atom. The number of nitrogens with zero attached hydrogens (tertiary/aromatic N) is 1. The van der Waals surface area contributed by atoms with Crippen molar-refractivity contribution in [2.45, 2.75) is 25.8 Å². The molecule has 1 N–H and O–H groups in total. The third-order valence-electron chi connectivity index (χ3n) is 4.00. The molecule has 106 valence electrons. The summed E-state index contributed by atoms with van der Waals surface area (Å²) in [6.45, 7) is 4.95. The second-order valence-electron chi connectivity index (χ2n) is 5.40. The molecule has 1 heterocycles. The highest BCUT2D eigenvalue weighted by Gasteiger charge is 2.25. The third kappa shape index (κ3) is 3.51. The van der Waals surface area contributed by atoms with E-state index in [-0.39, 0.29) is 6.04 Å². The van der Waals surface area contributed by atoms with E-state index in [9.17, 15) is 8.78 Å². The molecule has 1 saturated heterocycles. The molecule has 0 bridgehead atoms. The molecule has 19 heavy (non-hydrogen) atoms. The van der Waals surface area contributed by atoms with Crippen molar-refractivity contribution in [3.8, 4) is 0 Å². The van der Waals surface area contributed by atoms with E-state index in [0.717, 1.165) is 32.1 Å². The van der Waals surface area contributed by atoms with Crippen LogP contribution in [0.4, 0.5) is 8.78 Å². The van der Waals surface area contributed by atoms with Gasteiger partial charge in [0.2, 0.25) is 0 Å². The maximum absolute atomic E-state index is 13.8. The number of hydrogen-bond donors (Lipinski definition) is 1. The summed E-state index contributed by atoms with van der Waals surface area (Å²) in [5.74, 6) is -0.340. The Kier molecular flexibility index (Phi) is 4.88. The minimum absolute atomic E-state index is 0.000237. The zero-order valence-corrected chi connectivity index (χ0v) is 11.6. The van der Waals surface area contributed by atoms with Crippen molar-refractivity contribution < 1.29 is 8.78 Å². The number of halogens is 2. The zero-order chi connectivity index (χ0) is 13.8. The summed E-state index contributed by atoms with van der Waals surface area (Å²) in [7, 11) is 1.96. The molecule has 1 aliphatic heterocycles. The highest BCUT2D eigenvalue weighted by molar-refractivity contribution is 5.21. The summed E-state index contributed by atoms with van der Waals surface area (Å²) in [5, 5.41) is 3.21. The summed E-state index contributed by atoms with van der Waals surface area (Å²) >= 11 is 0. The van der Waals surface area contributed by atoms with Gasteiger partial charge < -0.3 is 5.32 Å². The van der Waals surface area contributed by atoms with E-state index in [0.29, 0.717) is 11.5 Å². The normalized spacial score (nSPS) is 22.4. The van der Waals surface area contributed by atoms with Crippen LogP contribution in [0.1, 0.15) is 31.4 Å². The van der Waals surface area contributed by atoms with E-state index in [2.05, 4.69) is 10.2 Å². The molecule has 4 heteroatoms. The predicted octanol–water partition coefficient (Wildman–Crippen LogP) is 2.96. The van der Waals surface area contributed by atoms with Gasteiger partial charge in [-0.3, -0.25) is 4.90 Å². The van der Waals surface area contributed by atoms with E-state index in [1.807, 2.05) is 14.0 Å². The van der Waals surface area contributed by atoms with Gasteiger partial charge in [0, 0.05) is 24.2 Å². The fourth-order valence-corrected chi connectivity index (χ4v) is 2.94. The van der Waals surface area contributed by atoms with Crippen LogP contribution in [-0.2, 0) is 0 Å². The van der Waals surface area contributed by atoms with Gasteiger partial charge >= 0.3 is 0 Å². The molecule has 2 nitrogen and oxygen atoms in total. The van der Waals surface area contributed by atoms with Gasteiger partial charge in [-0.05, 0) is 51.9 Å². The van der Waals surface area contributed by atoms with Gasteiger partial charge in [0.25, 0.3) is 0 Å². The van der Waals surface area contributed by atoms with E-state index in [1.165, 1.54) is 12.5 Å². The lowest BCUT2D eigenvalue weighted by atomic mass is 9.95. The summed E-state index contributed by atoms with van der Waals surface area (Å²) < 4.78 is 26.8.